The van der Waals surface area contributed by atoms with E-state index in [-0.39, 0.29) is 29.0 Å². The number of hydrogen-bond donors (Lipinski definition) is 0. The van der Waals surface area contributed by atoms with Gasteiger partial charge in [-0.3, -0.25) is 0 Å². The quantitative estimate of drug-likeness (QED) is 0.691. The topological polar surface area (TPSA) is 18.5 Å². The zero-order valence-corrected chi connectivity index (χ0v) is 15.8. The summed E-state index contributed by atoms with van der Waals surface area (Å²) in [7, 11) is -0.118. The summed E-state index contributed by atoms with van der Waals surface area (Å²) in [5.41, 5.74) is 1.09. The Bertz CT molecular complexity index is 563. The van der Waals surface area contributed by atoms with E-state index in [0.29, 0.717) is 5.92 Å². The Morgan fingerprint density at radius 1 is 0.957 bits per heavy atom. The summed E-state index contributed by atoms with van der Waals surface area (Å²) in [6.07, 6.45) is 2.22. The molecule has 1 aliphatic heterocycles. The maximum Gasteiger partial charge on any atom is 0.465 e. The molecule has 2 unspecified atom stereocenters. The Labute approximate surface area is 142 Å². The van der Waals surface area contributed by atoms with Crippen LogP contribution < -0.4 is 0 Å². The first kappa shape index (κ1) is 17.0. The van der Waals surface area contributed by atoms with Crippen LogP contribution in [-0.2, 0) is 9.31 Å². The van der Waals surface area contributed by atoms with Crippen molar-refractivity contribution in [3.8, 4) is 0 Å². The van der Waals surface area contributed by atoms with Crippen molar-refractivity contribution >= 4 is 7.12 Å². The zero-order valence-electron chi connectivity index (χ0n) is 15.8. The van der Waals surface area contributed by atoms with Gasteiger partial charge in [-0.05, 0) is 51.0 Å². The Balaban J connectivity index is 1.90. The third-order valence-corrected chi connectivity index (χ3v) is 7.26. The smallest absolute Gasteiger partial charge is 0.403 e. The maximum absolute atomic E-state index is 6.46. The third-order valence-electron chi connectivity index (χ3n) is 7.26. The molecule has 0 aromatic heterocycles. The Morgan fingerprint density at radius 2 is 1.48 bits per heavy atom. The summed E-state index contributed by atoms with van der Waals surface area (Å²) in [5, 5.41) is 0.0819. The van der Waals surface area contributed by atoms with Gasteiger partial charge in [0, 0.05) is 5.31 Å². The van der Waals surface area contributed by atoms with E-state index in [2.05, 4.69) is 78.8 Å². The van der Waals surface area contributed by atoms with Gasteiger partial charge in [-0.25, -0.2) is 0 Å². The monoisotopic (exact) mass is 314 g/mol. The molecule has 0 amide bonds. The van der Waals surface area contributed by atoms with E-state index >= 15 is 0 Å². The predicted molar refractivity (Wildman–Crippen MR) is 96.6 cm³/mol. The molecule has 1 saturated heterocycles. The van der Waals surface area contributed by atoms with Crippen LogP contribution >= 0.6 is 0 Å². The molecule has 2 aliphatic rings. The van der Waals surface area contributed by atoms with Crippen molar-refractivity contribution < 1.29 is 9.31 Å². The van der Waals surface area contributed by atoms with E-state index < -0.39 is 0 Å². The SMILES string of the molecule is CCC1(B2OC(C)(C)C(C)(C)O2)CC(c2ccccc2)C1(C)C. The molecule has 0 radical (unpaired) electrons. The fraction of sp³-hybridized carbons (Fsp3) is 0.700. The first-order chi connectivity index (χ1) is 10.6. The molecule has 0 spiro atoms. The predicted octanol–water partition coefficient (Wildman–Crippen LogP) is 5.44. The van der Waals surface area contributed by atoms with Crippen LogP contribution in [0.15, 0.2) is 30.3 Å². The van der Waals surface area contributed by atoms with Crippen molar-refractivity contribution in [3.05, 3.63) is 35.9 Å². The van der Waals surface area contributed by atoms with Crippen molar-refractivity contribution in [2.24, 2.45) is 5.41 Å². The fourth-order valence-electron chi connectivity index (χ4n) is 4.55. The van der Waals surface area contributed by atoms with Crippen molar-refractivity contribution in [3.63, 3.8) is 0 Å². The first-order valence-electron chi connectivity index (χ1n) is 8.98. The van der Waals surface area contributed by atoms with Crippen LogP contribution in [0.2, 0.25) is 5.31 Å². The standard InChI is InChI=1S/C20H31BO2/c1-8-20(21-22-18(4,5)19(6,7)23-21)14-16(17(20,2)3)15-12-10-9-11-13-15/h9-13,16H,8,14H2,1-7H3. The van der Waals surface area contributed by atoms with E-state index in [0.717, 1.165) is 12.8 Å². The van der Waals surface area contributed by atoms with Gasteiger partial charge in [-0.15, -0.1) is 0 Å². The number of hydrogen-bond acceptors (Lipinski definition) is 2. The highest BCUT2D eigenvalue weighted by Gasteiger charge is 2.70. The van der Waals surface area contributed by atoms with Crippen LogP contribution in [-0.4, -0.2) is 18.3 Å². The van der Waals surface area contributed by atoms with Gasteiger partial charge >= 0.3 is 7.12 Å². The second-order valence-corrected chi connectivity index (χ2v) is 8.99. The molecular weight excluding hydrogens is 283 g/mol. The van der Waals surface area contributed by atoms with Crippen LogP contribution in [0.3, 0.4) is 0 Å². The highest BCUT2D eigenvalue weighted by molar-refractivity contribution is 6.50. The molecule has 23 heavy (non-hydrogen) atoms. The van der Waals surface area contributed by atoms with Crippen LogP contribution in [0.1, 0.15) is 72.8 Å². The van der Waals surface area contributed by atoms with Gasteiger partial charge in [0.2, 0.25) is 0 Å². The summed E-state index contributed by atoms with van der Waals surface area (Å²) in [4.78, 5) is 0. The van der Waals surface area contributed by atoms with Crippen LogP contribution in [0, 0.1) is 5.41 Å². The average Bonchev–Trinajstić information content (AvgIpc) is 2.68. The summed E-state index contributed by atoms with van der Waals surface area (Å²) in [6, 6.07) is 10.9. The minimum atomic E-state index is -0.256. The normalized spacial score (nSPS) is 34.2. The van der Waals surface area contributed by atoms with Gasteiger partial charge in [0.15, 0.2) is 0 Å². The van der Waals surface area contributed by atoms with Gasteiger partial charge in [0.1, 0.15) is 0 Å². The van der Waals surface area contributed by atoms with E-state index in [9.17, 15) is 0 Å². The van der Waals surface area contributed by atoms with Gasteiger partial charge < -0.3 is 9.31 Å². The number of rotatable bonds is 3. The highest BCUT2D eigenvalue weighted by atomic mass is 16.7. The lowest BCUT2D eigenvalue weighted by molar-refractivity contribution is 0.00578. The molecule has 2 fully saturated rings. The van der Waals surface area contributed by atoms with Crippen molar-refractivity contribution in [1.29, 1.82) is 0 Å². The summed E-state index contributed by atoms with van der Waals surface area (Å²) >= 11 is 0. The van der Waals surface area contributed by atoms with Crippen molar-refractivity contribution in [1.82, 2.24) is 0 Å². The largest absolute Gasteiger partial charge is 0.465 e. The van der Waals surface area contributed by atoms with E-state index in [1.54, 1.807) is 0 Å². The fourth-order valence-corrected chi connectivity index (χ4v) is 4.55. The van der Waals surface area contributed by atoms with Gasteiger partial charge in [-0.2, -0.15) is 0 Å². The van der Waals surface area contributed by atoms with Crippen LogP contribution in [0.4, 0.5) is 0 Å². The van der Waals surface area contributed by atoms with E-state index in [4.69, 9.17) is 9.31 Å². The Morgan fingerprint density at radius 3 is 1.91 bits per heavy atom. The Kier molecular flexibility index (Phi) is 3.78. The summed E-state index contributed by atoms with van der Waals surface area (Å²) < 4.78 is 12.9. The minimum absolute atomic E-state index is 0.0819. The molecule has 3 heteroatoms. The van der Waals surface area contributed by atoms with Crippen LogP contribution in [0.25, 0.3) is 0 Å². The highest BCUT2D eigenvalue weighted by Crippen LogP contribution is 2.74. The van der Waals surface area contributed by atoms with E-state index in [1.807, 2.05) is 0 Å². The van der Waals surface area contributed by atoms with E-state index in [1.165, 1.54) is 5.56 Å². The van der Waals surface area contributed by atoms with Gasteiger partial charge in [0.05, 0.1) is 11.2 Å². The second-order valence-electron chi connectivity index (χ2n) is 8.99. The molecular formula is C20H31BO2. The first-order valence-corrected chi connectivity index (χ1v) is 8.98. The molecule has 2 nitrogen and oxygen atoms in total. The number of benzene rings is 1. The summed E-state index contributed by atoms with van der Waals surface area (Å²) in [6.45, 7) is 15.7. The molecule has 0 N–H and O–H groups in total. The molecule has 1 aliphatic carbocycles. The molecule has 126 valence electrons. The zero-order chi connectivity index (χ0) is 17.1. The maximum atomic E-state index is 6.46. The van der Waals surface area contributed by atoms with Crippen LogP contribution in [0.5, 0.6) is 0 Å². The lowest BCUT2D eigenvalue weighted by atomic mass is 9.31. The molecule has 1 saturated carbocycles. The minimum Gasteiger partial charge on any atom is -0.403 e. The Hall–Kier alpha value is -0.795. The van der Waals surface area contributed by atoms with Crippen molar-refractivity contribution in [2.45, 2.75) is 83.7 Å². The molecule has 2 atom stereocenters. The molecule has 3 rings (SSSR count). The van der Waals surface area contributed by atoms with Gasteiger partial charge in [0.25, 0.3) is 0 Å². The molecule has 0 bridgehead atoms. The van der Waals surface area contributed by atoms with Crippen molar-refractivity contribution in [2.75, 3.05) is 0 Å². The second kappa shape index (κ2) is 5.10. The molecule has 1 aromatic carbocycles. The lowest BCUT2D eigenvalue weighted by Gasteiger charge is -2.62. The lowest BCUT2D eigenvalue weighted by Crippen LogP contribution is -2.57. The third kappa shape index (κ3) is 2.23. The summed E-state index contributed by atoms with van der Waals surface area (Å²) in [5.74, 6) is 0.572. The average molecular weight is 314 g/mol. The molecule has 1 aromatic rings. The van der Waals surface area contributed by atoms with Gasteiger partial charge in [-0.1, -0.05) is 57.5 Å². The molecule has 1 heterocycles.